The van der Waals surface area contributed by atoms with Crippen LogP contribution in [0.15, 0.2) is 17.2 Å². The topological polar surface area (TPSA) is 97.1 Å². The van der Waals surface area contributed by atoms with Crippen molar-refractivity contribution in [1.29, 1.82) is 0 Å². The Bertz CT molecular complexity index is 510. The minimum Gasteiger partial charge on any atom is -0.504 e. The molecule has 0 aliphatic rings. The molecular formula is C12H17N3O3S. The highest BCUT2D eigenvalue weighted by atomic mass is 32.1. The zero-order valence-electron chi connectivity index (χ0n) is 10.9. The minimum atomic E-state index is -0.584. The summed E-state index contributed by atoms with van der Waals surface area (Å²) in [6.45, 7) is 5.86. The molecule has 0 bridgehead atoms. The highest BCUT2D eigenvalue weighted by Crippen LogP contribution is 2.36. The second kappa shape index (κ2) is 5.75. The number of nitrogens with zero attached hydrogens (tertiary/aromatic N) is 1. The van der Waals surface area contributed by atoms with E-state index in [0.717, 1.165) is 0 Å². The number of phenols is 3. The molecule has 5 N–H and O–H groups in total. The number of hydrogen-bond acceptors (Lipinski definition) is 5. The van der Waals surface area contributed by atoms with Gasteiger partial charge in [0.25, 0.3) is 0 Å². The molecule has 6 nitrogen and oxygen atoms in total. The van der Waals surface area contributed by atoms with Crippen LogP contribution in [-0.2, 0) is 0 Å². The van der Waals surface area contributed by atoms with E-state index in [4.69, 9.17) is 17.3 Å². The zero-order chi connectivity index (χ0) is 14.6. The van der Waals surface area contributed by atoms with Gasteiger partial charge < -0.3 is 20.6 Å². The quantitative estimate of drug-likeness (QED) is 0.244. The predicted molar refractivity (Wildman–Crippen MR) is 77.7 cm³/mol. The van der Waals surface area contributed by atoms with E-state index in [9.17, 15) is 10.2 Å². The fraction of sp³-hybridized carbons (Fsp3) is 0.333. The molecule has 104 valence electrons. The molecule has 0 fully saturated rings. The van der Waals surface area contributed by atoms with Gasteiger partial charge in [-0.25, -0.2) is 0 Å². The Morgan fingerprint density at radius 2 is 1.84 bits per heavy atom. The van der Waals surface area contributed by atoms with Crippen molar-refractivity contribution < 1.29 is 15.3 Å². The molecule has 0 radical (unpaired) electrons. The monoisotopic (exact) mass is 283 g/mol. The third-order valence-corrected chi connectivity index (χ3v) is 2.21. The summed E-state index contributed by atoms with van der Waals surface area (Å²) in [5, 5.41) is 35.2. The van der Waals surface area contributed by atoms with E-state index in [0.29, 0.717) is 5.11 Å². The van der Waals surface area contributed by atoms with Crippen LogP contribution in [0.5, 0.6) is 17.2 Å². The first kappa shape index (κ1) is 15.0. The first-order chi connectivity index (χ1) is 8.70. The third-order valence-electron chi connectivity index (χ3n) is 2.02. The van der Waals surface area contributed by atoms with E-state index in [1.165, 1.54) is 18.3 Å². The average Bonchev–Trinajstić information content (AvgIpc) is 2.27. The van der Waals surface area contributed by atoms with Gasteiger partial charge in [-0.2, -0.15) is 5.10 Å². The summed E-state index contributed by atoms with van der Waals surface area (Å²) >= 11 is 5.01. The van der Waals surface area contributed by atoms with Gasteiger partial charge in [0.1, 0.15) is 0 Å². The summed E-state index contributed by atoms with van der Waals surface area (Å²) < 4.78 is 0. The summed E-state index contributed by atoms with van der Waals surface area (Å²) in [5.74, 6) is -1.42. The van der Waals surface area contributed by atoms with Crippen LogP contribution in [-0.4, -0.2) is 32.2 Å². The molecule has 0 aliphatic carbocycles. The molecular weight excluding hydrogens is 266 g/mol. The van der Waals surface area contributed by atoms with Crippen molar-refractivity contribution in [1.82, 2.24) is 10.7 Å². The third kappa shape index (κ3) is 4.63. The van der Waals surface area contributed by atoms with E-state index in [-0.39, 0.29) is 11.1 Å². The van der Waals surface area contributed by atoms with E-state index in [1.54, 1.807) is 0 Å². The van der Waals surface area contributed by atoms with Crippen LogP contribution >= 0.6 is 12.2 Å². The largest absolute Gasteiger partial charge is 0.504 e. The first-order valence-corrected chi connectivity index (χ1v) is 5.96. The summed E-state index contributed by atoms with van der Waals surface area (Å²) in [4.78, 5) is 0. The maximum Gasteiger partial charge on any atom is 0.200 e. The van der Waals surface area contributed by atoms with Crippen LogP contribution in [0.4, 0.5) is 0 Å². The lowest BCUT2D eigenvalue weighted by molar-refractivity contribution is 0.367. The fourth-order valence-electron chi connectivity index (χ4n) is 1.22. The maximum absolute atomic E-state index is 9.55. The summed E-state index contributed by atoms with van der Waals surface area (Å²) in [7, 11) is 0. The van der Waals surface area contributed by atoms with Gasteiger partial charge in [0.15, 0.2) is 16.6 Å². The second-order valence-electron chi connectivity index (χ2n) is 4.95. The molecule has 0 atom stereocenters. The molecule has 1 aromatic carbocycles. The maximum atomic E-state index is 9.55. The first-order valence-electron chi connectivity index (χ1n) is 5.56. The smallest absolute Gasteiger partial charge is 0.200 e. The van der Waals surface area contributed by atoms with E-state index >= 15 is 0 Å². The lowest BCUT2D eigenvalue weighted by Gasteiger charge is -2.21. The van der Waals surface area contributed by atoms with Crippen molar-refractivity contribution in [2.75, 3.05) is 0 Å². The van der Waals surface area contributed by atoms with Gasteiger partial charge in [0.05, 0.1) is 6.21 Å². The van der Waals surface area contributed by atoms with Crippen LogP contribution in [0.3, 0.4) is 0 Å². The zero-order valence-corrected chi connectivity index (χ0v) is 11.7. The highest BCUT2D eigenvalue weighted by Gasteiger charge is 2.11. The number of rotatable bonds is 2. The number of thiocarbonyl (C=S) groups is 1. The van der Waals surface area contributed by atoms with Crippen molar-refractivity contribution in [3.8, 4) is 17.2 Å². The summed E-state index contributed by atoms with van der Waals surface area (Å²) in [6, 6.07) is 2.66. The lowest BCUT2D eigenvalue weighted by atomic mass is 10.1. The van der Waals surface area contributed by atoms with Gasteiger partial charge in [-0.1, -0.05) is 0 Å². The van der Waals surface area contributed by atoms with Crippen LogP contribution < -0.4 is 10.7 Å². The van der Waals surface area contributed by atoms with Gasteiger partial charge in [-0.05, 0) is 45.1 Å². The number of hydrazone groups is 1. The summed E-state index contributed by atoms with van der Waals surface area (Å²) in [6.07, 6.45) is 1.28. The molecule has 0 heterocycles. The second-order valence-corrected chi connectivity index (χ2v) is 5.35. The molecule has 0 saturated carbocycles. The Balaban J connectivity index is 2.68. The van der Waals surface area contributed by atoms with Crippen molar-refractivity contribution in [3.63, 3.8) is 0 Å². The van der Waals surface area contributed by atoms with Crippen molar-refractivity contribution in [3.05, 3.63) is 17.7 Å². The Morgan fingerprint density at radius 1 is 1.21 bits per heavy atom. The van der Waals surface area contributed by atoms with Gasteiger partial charge in [-0.3, -0.25) is 5.43 Å². The predicted octanol–water partition coefficient (Wildman–Crippen LogP) is 1.40. The standard InChI is InChI=1S/C12H17N3O3S/c1-12(2,3)14-11(19)15-13-6-7-4-5-8(16)10(18)9(7)17/h4-6,16-18H,1-3H3,(H2,14,15,19). The molecule has 0 saturated heterocycles. The van der Waals surface area contributed by atoms with E-state index in [2.05, 4.69) is 15.8 Å². The van der Waals surface area contributed by atoms with Crippen molar-refractivity contribution in [2.24, 2.45) is 5.10 Å². The Morgan fingerprint density at radius 3 is 2.42 bits per heavy atom. The van der Waals surface area contributed by atoms with Crippen molar-refractivity contribution >= 4 is 23.5 Å². The molecule has 0 aliphatic heterocycles. The Hall–Kier alpha value is -2.02. The molecule has 19 heavy (non-hydrogen) atoms. The van der Waals surface area contributed by atoms with Crippen LogP contribution in [0, 0.1) is 0 Å². The number of benzene rings is 1. The molecule has 0 amide bonds. The van der Waals surface area contributed by atoms with Crippen LogP contribution in [0.1, 0.15) is 26.3 Å². The van der Waals surface area contributed by atoms with Gasteiger partial charge in [0, 0.05) is 11.1 Å². The SMILES string of the molecule is CC(C)(C)NC(=S)NN=Cc1ccc(O)c(O)c1O. The van der Waals surface area contributed by atoms with E-state index < -0.39 is 17.2 Å². The van der Waals surface area contributed by atoms with E-state index in [1.807, 2.05) is 20.8 Å². The number of aromatic hydroxyl groups is 3. The lowest BCUT2D eigenvalue weighted by Crippen LogP contribution is -2.44. The summed E-state index contributed by atoms with van der Waals surface area (Å²) in [5.41, 5.74) is 2.65. The number of hydrogen-bond donors (Lipinski definition) is 5. The number of nitrogens with one attached hydrogen (secondary N) is 2. The van der Waals surface area contributed by atoms with Gasteiger partial charge in [0.2, 0.25) is 5.75 Å². The molecule has 7 heteroatoms. The fourth-order valence-corrected chi connectivity index (χ4v) is 1.58. The normalized spacial score (nSPS) is 11.5. The number of phenolic OH excluding ortho intramolecular Hbond substituents is 3. The van der Waals surface area contributed by atoms with Crippen LogP contribution in [0.2, 0.25) is 0 Å². The molecule has 0 spiro atoms. The highest BCUT2D eigenvalue weighted by molar-refractivity contribution is 7.80. The van der Waals surface area contributed by atoms with Crippen LogP contribution in [0.25, 0.3) is 0 Å². The van der Waals surface area contributed by atoms with Gasteiger partial charge >= 0.3 is 0 Å². The van der Waals surface area contributed by atoms with Crippen molar-refractivity contribution in [2.45, 2.75) is 26.3 Å². The average molecular weight is 283 g/mol. The molecule has 1 rings (SSSR count). The minimum absolute atomic E-state index is 0.182. The Kier molecular flexibility index (Phi) is 4.55. The molecule has 1 aromatic rings. The molecule has 0 unspecified atom stereocenters. The Labute approximate surface area is 116 Å². The van der Waals surface area contributed by atoms with Gasteiger partial charge in [-0.15, -0.1) is 0 Å². The molecule has 0 aromatic heterocycles.